The van der Waals surface area contributed by atoms with E-state index in [1.165, 1.54) is 12.4 Å². The molecule has 1 aromatic heterocycles. The monoisotopic (exact) mass is 197 g/mol. The Kier molecular flexibility index (Phi) is 3.22. The van der Waals surface area contributed by atoms with E-state index >= 15 is 0 Å². The van der Waals surface area contributed by atoms with E-state index in [1.807, 2.05) is 0 Å². The van der Waals surface area contributed by atoms with Gasteiger partial charge in [0.05, 0.1) is 5.70 Å². The standard InChI is InChI=1S/C7H8ClN5/c8-7-11-2-1-6(13-7)12-5(3-9)4-10/h1-4,9H,10H2,(H,11,12,13)/b5-4+,9-3?. The normalized spacial score (nSPS) is 11.0. The fourth-order valence-electron chi connectivity index (χ4n) is 0.678. The van der Waals surface area contributed by atoms with E-state index in [0.29, 0.717) is 11.5 Å². The summed E-state index contributed by atoms with van der Waals surface area (Å²) in [4.78, 5) is 7.56. The van der Waals surface area contributed by atoms with Crippen molar-refractivity contribution in [3.05, 3.63) is 29.4 Å². The largest absolute Gasteiger partial charge is 0.403 e. The van der Waals surface area contributed by atoms with Gasteiger partial charge in [-0.3, -0.25) is 0 Å². The molecule has 0 bridgehead atoms. The van der Waals surface area contributed by atoms with Crippen LogP contribution in [0.3, 0.4) is 0 Å². The van der Waals surface area contributed by atoms with Crippen LogP contribution in [0, 0.1) is 5.41 Å². The highest BCUT2D eigenvalue weighted by atomic mass is 35.5. The number of allylic oxidation sites excluding steroid dienone is 1. The van der Waals surface area contributed by atoms with Crippen LogP contribution in [0.2, 0.25) is 5.28 Å². The Balaban J connectivity index is 2.79. The first-order valence-corrected chi connectivity index (χ1v) is 3.82. The van der Waals surface area contributed by atoms with Gasteiger partial charge in [-0.25, -0.2) is 9.97 Å². The number of hydrogen-bond acceptors (Lipinski definition) is 5. The van der Waals surface area contributed by atoms with Crippen LogP contribution in [0.5, 0.6) is 0 Å². The molecule has 0 saturated carbocycles. The molecule has 0 unspecified atom stereocenters. The predicted molar refractivity (Wildman–Crippen MR) is 51.7 cm³/mol. The molecule has 0 aliphatic heterocycles. The topological polar surface area (TPSA) is 87.7 Å². The summed E-state index contributed by atoms with van der Waals surface area (Å²) in [5.74, 6) is 0.500. The zero-order chi connectivity index (χ0) is 9.68. The summed E-state index contributed by atoms with van der Waals surface area (Å²) < 4.78 is 0. The number of nitrogens with two attached hydrogens (primary N) is 1. The molecule has 6 heteroatoms. The van der Waals surface area contributed by atoms with E-state index in [0.717, 1.165) is 6.21 Å². The van der Waals surface area contributed by atoms with Crippen molar-refractivity contribution in [1.29, 1.82) is 5.41 Å². The van der Waals surface area contributed by atoms with Crippen molar-refractivity contribution in [1.82, 2.24) is 9.97 Å². The van der Waals surface area contributed by atoms with E-state index in [1.54, 1.807) is 6.07 Å². The van der Waals surface area contributed by atoms with E-state index in [-0.39, 0.29) is 5.28 Å². The SMILES string of the molecule is N=C/C(=C\N)Nc1ccnc(Cl)n1. The van der Waals surface area contributed by atoms with Crippen LogP contribution in [-0.4, -0.2) is 16.2 Å². The molecular formula is C7H8ClN5. The average molecular weight is 198 g/mol. The minimum atomic E-state index is 0.145. The quantitative estimate of drug-likeness (QED) is 0.498. The highest BCUT2D eigenvalue weighted by molar-refractivity contribution is 6.28. The summed E-state index contributed by atoms with van der Waals surface area (Å²) in [7, 11) is 0. The molecular weight excluding hydrogens is 190 g/mol. The number of anilines is 1. The lowest BCUT2D eigenvalue weighted by Crippen LogP contribution is -2.04. The molecule has 1 rings (SSSR count). The zero-order valence-electron chi connectivity index (χ0n) is 6.66. The van der Waals surface area contributed by atoms with Gasteiger partial charge < -0.3 is 16.5 Å². The molecule has 0 radical (unpaired) electrons. The van der Waals surface area contributed by atoms with Gasteiger partial charge in [0.15, 0.2) is 0 Å². The maximum atomic E-state index is 6.95. The van der Waals surface area contributed by atoms with Crippen molar-refractivity contribution in [2.45, 2.75) is 0 Å². The molecule has 1 aromatic rings. The van der Waals surface area contributed by atoms with Crippen LogP contribution < -0.4 is 11.1 Å². The lowest BCUT2D eigenvalue weighted by Gasteiger charge is -2.03. The highest BCUT2D eigenvalue weighted by Crippen LogP contribution is 2.07. The van der Waals surface area contributed by atoms with Crippen LogP contribution in [0.1, 0.15) is 0 Å². The summed E-state index contributed by atoms with van der Waals surface area (Å²) in [5.41, 5.74) is 5.66. The minimum Gasteiger partial charge on any atom is -0.403 e. The van der Waals surface area contributed by atoms with Gasteiger partial charge in [-0.1, -0.05) is 0 Å². The lowest BCUT2D eigenvalue weighted by atomic mass is 10.4. The number of aromatic nitrogens is 2. The Morgan fingerprint density at radius 2 is 2.46 bits per heavy atom. The van der Waals surface area contributed by atoms with Crippen molar-refractivity contribution in [2.75, 3.05) is 5.32 Å². The number of hydrogen-bond donors (Lipinski definition) is 3. The fourth-order valence-corrected chi connectivity index (χ4v) is 0.826. The van der Waals surface area contributed by atoms with Gasteiger partial charge in [0.2, 0.25) is 5.28 Å². The number of halogens is 1. The van der Waals surface area contributed by atoms with Crippen LogP contribution >= 0.6 is 11.6 Å². The predicted octanol–water partition coefficient (Wildman–Crippen LogP) is 0.992. The Bertz CT molecular complexity index is 335. The second kappa shape index (κ2) is 4.42. The summed E-state index contributed by atoms with van der Waals surface area (Å²) in [6, 6.07) is 1.62. The van der Waals surface area contributed by atoms with Crippen LogP contribution in [0.15, 0.2) is 24.2 Å². The second-order valence-corrected chi connectivity index (χ2v) is 2.44. The van der Waals surface area contributed by atoms with Gasteiger partial charge in [-0.2, -0.15) is 0 Å². The van der Waals surface area contributed by atoms with Crippen LogP contribution in [0.25, 0.3) is 0 Å². The molecule has 0 saturated heterocycles. The van der Waals surface area contributed by atoms with E-state index < -0.39 is 0 Å². The molecule has 0 fully saturated rings. The van der Waals surface area contributed by atoms with Crippen molar-refractivity contribution < 1.29 is 0 Å². The molecule has 5 nitrogen and oxygen atoms in total. The van der Waals surface area contributed by atoms with Gasteiger partial charge in [-0.05, 0) is 17.7 Å². The molecule has 68 valence electrons. The van der Waals surface area contributed by atoms with Crippen molar-refractivity contribution >= 4 is 23.6 Å². The molecule has 13 heavy (non-hydrogen) atoms. The third-order valence-electron chi connectivity index (χ3n) is 1.23. The van der Waals surface area contributed by atoms with Crippen LogP contribution in [-0.2, 0) is 0 Å². The van der Waals surface area contributed by atoms with Gasteiger partial charge >= 0.3 is 0 Å². The zero-order valence-corrected chi connectivity index (χ0v) is 7.42. The molecule has 0 aliphatic carbocycles. The summed E-state index contributed by atoms with van der Waals surface area (Å²) in [6.07, 6.45) is 3.86. The number of nitrogens with zero attached hydrogens (tertiary/aromatic N) is 2. The number of rotatable bonds is 3. The molecule has 0 atom stereocenters. The second-order valence-electron chi connectivity index (χ2n) is 2.10. The minimum absolute atomic E-state index is 0.145. The third-order valence-corrected chi connectivity index (χ3v) is 1.42. The van der Waals surface area contributed by atoms with Gasteiger partial charge in [0, 0.05) is 18.6 Å². The maximum absolute atomic E-state index is 6.95. The van der Waals surface area contributed by atoms with Crippen molar-refractivity contribution in [3.63, 3.8) is 0 Å². The average Bonchev–Trinajstić information content (AvgIpc) is 2.14. The van der Waals surface area contributed by atoms with E-state index in [2.05, 4.69) is 15.3 Å². The van der Waals surface area contributed by atoms with Crippen molar-refractivity contribution in [3.8, 4) is 0 Å². The van der Waals surface area contributed by atoms with Gasteiger partial charge in [0.1, 0.15) is 5.82 Å². The summed E-state index contributed by atoms with van der Waals surface area (Å²) in [5, 5.41) is 9.87. The molecule has 0 aliphatic rings. The first-order valence-electron chi connectivity index (χ1n) is 3.44. The first kappa shape index (κ1) is 9.47. The molecule has 0 amide bonds. The summed E-state index contributed by atoms with van der Waals surface area (Å²) >= 11 is 5.54. The summed E-state index contributed by atoms with van der Waals surface area (Å²) in [6.45, 7) is 0. The molecule has 0 spiro atoms. The third kappa shape index (κ3) is 2.72. The Labute approximate surface area is 80.2 Å². The Morgan fingerprint density at radius 3 is 3.00 bits per heavy atom. The molecule has 4 N–H and O–H groups in total. The highest BCUT2D eigenvalue weighted by Gasteiger charge is 1.96. The number of nitrogens with one attached hydrogen (secondary N) is 2. The van der Waals surface area contributed by atoms with E-state index in [4.69, 9.17) is 22.7 Å². The van der Waals surface area contributed by atoms with Gasteiger partial charge in [0.25, 0.3) is 0 Å². The van der Waals surface area contributed by atoms with E-state index in [9.17, 15) is 0 Å². The lowest BCUT2D eigenvalue weighted by molar-refractivity contribution is 1.16. The fraction of sp³-hybridized carbons (Fsp3) is 0. The van der Waals surface area contributed by atoms with Gasteiger partial charge in [-0.15, -0.1) is 0 Å². The Morgan fingerprint density at radius 1 is 1.69 bits per heavy atom. The smallest absolute Gasteiger partial charge is 0.224 e. The maximum Gasteiger partial charge on any atom is 0.224 e. The molecule has 0 aromatic carbocycles. The van der Waals surface area contributed by atoms with Crippen molar-refractivity contribution in [2.24, 2.45) is 5.73 Å². The Hall–Kier alpha value is -1.62. The first-order chi connectivity index (χ1) is 6.26. The molecule has 1 heterocycles. The van der Waals surface area contributed by atoms with Crippen LogP contribution in [0.4, 0.5) is 5.82 Å².